The first-order valence-electron chi connectivity index (χ1n) is 10.4. The van der Waals surface area contributed by atoms with Crippen molar-refractivity contribution in [3.05, 3.63) is 92.1 Å². The zero-order valence-electron chi connectivity index (χ0n) is 20.2. The molecule has 1 aromatic heterocycles. The third kappa shape index (κ3) is 6.33. The van der Waals surface area contributed by atoms with Crippen LogP contribution in [0, 0.1) is 10.1 Å². The number of carbonyl (C=O) groups excluding carboxylic acids is 2. The largest absolute Gasteiger partial charge is 0.478 e. The van der Waals surface area contributed by atoms with Crippen molar-refractivity contribution in [1.82, 2.24) is 10.3 Å². The Balaban J connectivity index is 0.000000335. The van der Waals surface area contributed by atoms with Crippen LogP contribution in [0.4, 0.5) is 5.69 Å². The predicted molar refractivity (Wildman–Crippen MR) is 127 cm³/mol. The number of carboxylic acid groups (broad SMARTS) is 2. The highest BCUT2D eigenvalue weighted by Gasteiger charge is 2.40. The molecule has 3 rings (SSSR count). The lowest BCUT2D eigenvalue weighted by Gasteiger charge is -2.29. The van der Waals surface area contributed by atoms with Gasteiger partial charge in [-0.3, -0.25) is 15.1 Å². The Kier molecular flexibility index (Phi) is 9.18. The maximum atomic E-state index is 12.3. The van der Waals surface area contributed by atoms with E-state index < -0.39 is 34.7 Å². The van der Waals surface area contributed by atoms with E-state index in [1.54, 1.807) is 19.9 Å². The van der Waals surface area contributed by atoms with Crippen LogP contribution in [0.25, 0.3) is 0 Å². The first-order valence-corrected chi connectivity index (χ1v) is 10.4. The van der Waals surface area contributed by atoms with Crippen molar-refractivity contribution in [3.8, 4) is 0 Å². The number of esters is 2. The lowest BCUT2D eigenvalue weighted by atomic mass is 9.79. The molecule has 0 unspecified atom stereocenters. The minimum absolute atomic E-state index is 0.128. The van der Waals surface area contributed by atoms with Crippen molar-refractivity contribution in [1.29, 1.82) is 0 Å². The summed E-state index contributed by atoms with van der Waals surface area (Å²) in [4.78, 5) is 59.7. The van der Waals surface area contributed by atoms with Crippen LogP contribution in [-0.4, -0.2) is 58.2 Å². The zero-order valence-corrected chi connectivity index (χ0v) is 20.2. The van der Waals surface area contributed by atoms with Crippen LogP contribution in [0.5, 0.6) is 0 Å². The number of nitrogens with zero attached hydrogens (tertiary/aromatic N) is 2. The number of para-hydroxylation sites is 1. The van der Waals surface area contributed by atoms with Gasteiger partial charge in [0, 0.05) is 35.4 Å². The van der Waals surface area contributed by atoms with Crippen LogP contribution in [0.15, 0.2) is 65.3 Å². The maximum absolute atomic E-state index is 12.3. The van der Waals surface area contributed by atoms with E-state index in [1.807, 2.05) is 0 Å². The van der Waals surface area contributed by atoms with Gasteiger partial charge in [-0.1, -0.05) is 18.2 Å². The third-order valence-electron chi connectivity index (χ3n) is 5.25. The molecule has 3 N–H and O–H groups in total. The van der Waals surface area contributed by atoms with Crippen LogP contribution in [0.1, 0.15) is 46.0 Å². The first kappa shape index (κ1) is 28.2. The van der Waals surface area contributed by atoms with E-state index in [1.165, 1.54) is 32.4 Å². The molecule has 0 atom stereocenters. The van der Waals surface area contributed by atoms with Crippen molar-refractivity contribution in [2.75, 3.05) is 14.2 Å². The molecule has 13 heteroatoms. The van der Waals surface area contributed by atoms with Crippen LogP contribution in [0.3, 0.4) is 0 Å². The predicted octanol–water partition coefficient (Wildman–Crippen LogP) is 2.65. The molecule has 0 radical (unpaired) electrons. The van der Waals surface area contributed by atoms with Crippen molar-refractivity contribution >= 4 is 29.6 Å². The molecule has 2 heterocycles. The topological polar surface area (TPSA) is 195 Å². The molecule has 2 aromatic rings. The van der Waals surface area contributed by atoms with E-state index in [9.17, 15) is 29.3 Å². The van der Waals surface area contributed by atoms with Crippen molar-refractivity contribution in [2.45, 2.75) is 19.8 Å². The maximum Gasteiger partial charge on any atom is 0.337 e. The van der Waals surface area contributed by atoms with Gasteiger partial charge in [-0.15, -0.1) is 0 Å². The Bertz CT molecular complexity index is 1260. The number of dihydropyridines is 1. The summed E-state index contributed by atoms with van der Waals surface area (Å²) in [6.45, 7) is 3.29. The van der Waals surface area contributed by atoms with Gasteiger partial charge in [-0.05, 0) is 19.9 Å². The van der Waals surface area contributed by atoms with Crippen LogP contribution < -0.4 is 5.32 Å². The van der Waals surface area contributed by atoms with Crippen molar-refractivity contribution < 1.29 is 43.8 Å². The van der Waals surface area contributed by atoms with E-state index in [4.69, 9.17) is 19.7 Å². The summed E-state index contributed by atoms with van der Waals surface area (Å²) in [6.07, 6.45) is 2.18. The van der Waals surface area contributed by atoms with Gasteiger partial charge in [-0.25, -0.2) is 19.2 Å². The molecule has 0 bridgehead atoms. The van der Waals surface area contributed by atoms with E-state index in [0.717, 1.165) is 18.5 Å². The summed E-state index contributed by atoms with van der Waals surface area (Å²) >= 11 is 0. The van der Waals surface area contributed by atoms with E-state index >= 15 is 0 Å². The number of aromatic carboxylic acids is 2. The highest BCUT2D eigenvalue weighted by molar-refractivity contribution is 6.00. The molecule has 1 aliphatic heterocycles. The quantitative estimate of drug-likeness (QED) is 0.291. The van der Waals surface area contributed by atoms with E-state index in [-0.39, 0.29) is 33.5 Å². The summed E-state index contributed by atoms with van der Waals surface area (Å²) in [6, 6.07) is 7.02. The van der Waals surface area contributed by atoms with Crippen molar-refractivity contribution in [3.63, 3.8) is 0 Å². The monoisotopic (exact) mass is 513 g/mol. The Morgan fingerprint density at radius 3 is 1.78 bits per heavy atom. The van der Waals surface area contributed by atoms with Gasteiger partial charge in [0.25, 0.3) is 5.69 Å². The molecule has 1 aromatic carbocycles. The Hall–Kier alpha value is -5.07. The molecule has 0 saturated heterocycles. The van der Waals surface area contributed by atoms with Gasteiger partial charge in [0.05, 0.1) is 47.3 Å². The number of nitrogens with one attached hydrogen (secondary N) is 1. The highest BCUT2D eigenvalue weighted by atomic mass is 16.6. The lowest BCUT2D eigenvalue weighted by molar-refractivity contribution is -0.385. The minimum atomic E-state index is -1.19. The number of hydrogen-bond donors (Lipinski definition) is 3. The molecule has 13 nitrogen and oxygen atoms in total. The molecule has 37 heavy (non-hydrogen) atoms. The molecule has 0 fully saturated rings. The summed E-state index contributed by atoms with van der Waals surface area (Å²) in [5, 5.41) is 31.3. The zero-order chi connectivity index (χ0) is 27.9. The summed E-state index contributed by atoms with van der Waals surface area (Å²) in [7, 11) is 2.42. The van der Waals surface area contributed by atoms with Gasteiger partial charge < -0.3 is 25.0 Å². The second-order valence-electron chi connectivity index (χ2n) is 7.51. The van der Waals surface area contributed by atoms with E-state index in [2.05, 4.69) is 10.3 Å². The van der Waals surface area contributed by atoms with Crippen molar-refractivity contribution in [2.24, 2.45) is 0 Å². The standard InChI is InChI=1S/C17H18N2O6.C7H5NO4/c1-9-13(16(20)24-3)15(14(10(2)18-9)17(21)25-4)11-7-5-6-8-12(11)19(22)23;9-6(10)4-1-5(7(11)12)3-8-2-4/h5-8,15,18H,1-4H3;1-3H,(H,9,10)(H,11,12). The fourth-order valence-electron chi connectivity index (χ4n) is 3.64. The molecule has 0 saturated carbocycles. The number of carboxylic acids is 2. The van der Waals surface area contributed by atoms with Gasteiger partial charge in [0.15, 0.2) is 0 Å². The number of methoxy groups -OCH3 is 2. The summed E-state index contributed by atoms with van der Waals surface area (Å²) < 4.78 is 9.66. The number of aromatic nitrogens is 1. The Morgan fingerprint density at radius 2 is 1.38 bits per heavy atom. The van der Waals surface area contributed by atoms with Gasteiger partial charge >= 0.3 is 23.9 Å². The Labute approximate surface area is 210 Å². The number of allylic oxidation sites excluding steroid dienone is 2. The number of ether oxygens (including phenoxy) is 2. The third-order valence-corrected chi connectivity index (χ3v) is 5.25. The van der Waals surface area contributed by atoms with Crippen LogP contribution >= 0.6 is 0 Å². The smallest absolute Gasteiger partial charge is 0.337 e. The molecule has 194 valence electrons. The first-order chi connectivity index (χ1) is 17.4. The molecular formula is C24H23N3O10. The SMILES string of the molecule is COC(=O)C1=C(C)NC(C)=C(C(=O)OC)C1c1ccccc1[N+](=O)[O-].O=C(O)c1cncc(C(=O)O)c1. The second-order valence-corrected chi connectivity index (χ2v) is 7.51. The average molecular weight is 513 g/mol. The number of carbonyl (C=O) groups is 4. The Morgan fingerprint density at radius 1 is 0.919 bits per heavy atom. The minimum Gasteiger partial charge on any atom is -0.478 e. The average Bonchev–Trinajstić information content (AvgIpc) is 2.87. The fraction of sp³-hybridized carbons (Fsp3) is 0.208. The highest BCUT2D eigenvalue weighted by Crippen LogP contribution is 2.42. The van der Waals surface area contributed by atoms with Gasteiger partial charge in [-0.2, -0.15) is 0 Å². The number of nitro benzene ring substituents is 1. The number of hydrogen-bond acceptors (Lipinski definition) is 10. The van der Waals surface area contributed by atoms with Gasteiger partial charge in [0.2, 0.25) is 0 Å². The number of benzene rings is 1. The second kappa shape index (κ2) is 12.1. The van der Waals surface area contributed by atoms with Crippen LogP contribution in [0.2, 0.25) is 0 Å². The fourth-order valence-corrected chi connectivity index (χ4v) is 3.64. The van der Waals surface area contributed by atoms with Crippen LogP contribution in [-0.2, 0) is 19.1 Å². The summed E-state index contributed by atoms with van der Waals surface area (Å²) in [5.74, 6) is -4.71. The molecule has 1 aliphatic rings. The number of rotatable bonds is 6. The van der Waals surface area contributed by atoms with Gasteiger partial charge in [0.1, 0.15) is 0 Å². The normalized spacial score (nSPS) is 13.1. The summed E-state index contributed by atoms with van der Waals surface area (Å²) in [5.41, 5.74) is 0.932. The molecule has 0 aliphatic carbocycles. The molecule has 0 spiro atoms. The lowest BCUT2D eigenvalue weighted by Crippen LogP contribution is -2.32. The number of nitro groups is 1. The van der Waals surface area contributed by atoms with E-state index in [0.29, 0.717) is 11.4 Å². The number of pyridine rings is 1. The molecule has 0 amide bonds. The molecular weight excluding hydrogens is 490 g/mol.